The third kappa shape index (κ3) is 10.2. The van der Waals surface area contributed by atoms with E-state index < -0.39 is 24.5 Å². The average molecular weight is 288 g/mol. The van der Waals surface area contributed by atoms with Gasteiger partial charge in [-0.3, -0.25) is 9.59 Å². The molecule has 0 aromatic carbocycles. The summed E-state index contributed by atoms with van der Waals surface area (Å²) in [6.07, 6.45) is 3.49. The van der Waals surface area contributed by atoms with Crippen LogP contribution < -0.4 is 10.6 Å². The summed E-state index contributed by atoms with van der Waals surface area (Å²) in [5.74, 6) is -1.37. The average Bonchev–Trinajstić information content (AvgIpc) is 2.43. The summed E-state index contributed by atoms with van der Waals surface area (Å²) in [5.41, 5.74) is 0. The molecule has 1 unspecified atom stereocenters. The maximum Gasteiger partial charge on any atom is 0.407 e. The Morgan fingerprint density at radius 1 is 1.15 bits per heavy atom. The summed E-state index contributed by atoms with van der Waals surface area (Å²) in [5, 5.41) is 12.8. The molecule has 0 fully saturated rings. The molecule has 20 heavy (non-hydrogen) atoms. The molecule has 0 aromatic rings. The van der Waals surface area contributed by atoms with Crippen molar-refractivity contribution in [2.24, 2.45) is 5.92 Å². The highest BCUT2D eigenvalue weighted by Gasteiger charge is 2.11. The minimum absolute atomic E-state index is 0.294. The van der Waals surface area contributed by atoms with Crippen molar-refractivity contribution in [2.75, 3.05) is 19.7 Å². The van der Waals surface area contributed by atoms with Crippen molar-refractivity contribution >= 4 is 18.0 Å². The predicted octanol–water partition coefficient (Wildman–Crippen LogP) is 1.13. The molecule has 0 aliphatic rings. The van der Waals surface area contributed by atoms with Crippen LogP contribution in [0.25, 0.3) is 0 Å². The predicted molar refractivity (Wildman–Crippen MR) is 73.3 cm³/mol. The monoisotopic (exact) mass is 288 g/mol. The fraction of sp³-hybridized carbons (Fsp3) is 0.769. The van der Waals surface area contributed by atoms with Crippen LogP contribution in [0, 0.1) is 5.92 Å². The standard InChI is InChI=1S/C13H24N2O5/c1-3-5-6-10(4-2)9-20-13(19)15-7-11(16)14-8-12(17)18/h10H,3-9H2,1-2H3,(H,14,16)(H,15,19)(H,17,18). The smallest absolute Gasteiger partial charge is 0.407 e. The van der Waals surface area contributed by atoms with Crippen molar-refractivity contribution < 1.29 is 24.2 Å². The molecule has 3 N–H and O–H groups in total. The molecule has 7 nitrogen and oxygen atoms in total. The first-order valence-electron chi connectivity index (χ1n) is 6.88. The number of rotatable bonds is 10. The summed E-state index contributed by atoms with van der Waals surface area (Å²) < 4.78 is 5.02. The first kappa shape index (κ1) is 18.2. The molecular formula is C13H24N2O5. The fourth-order valence-electron chi connectivity index (χ4n) is 1.53. The number of hydrogen-bond acceptors (Lipinski definition) is 4. The summed E-state index contributed by atoms with van der Waals surface area (Å²) in [6, 6.07) is 0. The zero-order chi connectivity index (χ0) is 15.4. The van der Waals surface area contributed by atoms with E-state index >= 15 is 0 Å². The van der Waals surface area contributed by atoms with Gasteiger partial charge in [0.1, 0.15) is 13.1 Å². The number of unbranched alkanes of at least 4 members (excludes halogenated alkanes) is 1. The van der Waals surface area contributed by atoms with Gasteiger partial charge in [-0.05, 0) is 12.3 Å². The lowest BCUT2D eigenvalue weighted by molar-refractivity contribution is -0.137. The number of aliphatic carboxylic acids is 1. The van der Waals surface area contributed by atoms with E-state index in [1.54, 1.807) is 0 Å². The van der Waals surface area contributed by atoms with Gasteiger partial charge in [0, 0.05) is 0 Å². The molecule has 0 saturated carbocycles. The van der Waals surface area contributed by atoms with Crippen LogP contribution in [0.15, 0.2) is 0 Å². The minimum Gasteiger partial charge on any atom is -0.480 e. The van der Waals surface area contributed by atoms with Gasteiger partial charge in [0.25, 0.3) is 0 Å². The van der Waals surface area contributed by atoms with Gasteiger partial charge in [0.2, 0.25) is 5.91 Å². The lowest BCUT2D eigenvalue weighted by Crippen LogP contribution is -2.39. The number of carbonyl (C=O) groups is 3. The number of carbonyl (C=O) groups excluding carboxylic acids is 2. The molecule has 0 saturated heterocycles. The number of ether oxygens (including phenoxy) is 1. The molecule has 0 radical (unpaired) electrons. The topological polar surface area (TPSA) is 105 Å². The molecule has 2 amide bonds. The van der Waals surface area contributed by atoms with E-state index in [4.69, 9.17) is 9.84 Å². The SMILES string of the molecule is CCCCC(CC)COC(=O)NCC(=O)NCC(=O)O. The zero-order valence-electron chi connectivity index (χ0n) is 12.1. The van der Waals surface area contributed by atoms with Crippen LogP contribution in [-0.4, -0.2) is 42.8 Å². The second-order valence-corrected chi connectivity index (χ2v) is 4.54. The third-order valence-corrected chi connectivity index (χ3v) is 2.82. The number of hydrogen-bond donors (Lipinski definition) is 3. The molecular weight excluding hydrogens is 264 g/mol. The van der Waals surface area contributed by atoms with Crippen molar-refractivity contribution in [2.45, 2.75) is 39.5 Å². The zero-order valence-corrected chi connectivity index (χ0v) is 12.1. The van der Waals surface area contributed by atoms with Gasteiger partial charge in [0.15, 0.2) is 0 Å². The Bertz CT molecular complexity index is 320. The van der Waals surface area contributed by atoms with Crippen LogP contribution in [0.2, 0.25) is 0 Å². The van der Waals surface area contributed by atoms with E-state index in [0.29, 0.717) is 12.5 Å². The van der Waals surface area contributed by atoms with E-state index in [1.165, 1.54) is 0 Å². The maximum atomic E-state index is 11.4. The van der Waals surface area contributed by atoms with Gasteiger partial charge in [-0.15, -0.1) is 0 Å². The Morgan fingerprint density at radius 2 is 1.85 bits per heavy atom. The lowest BCUT2D eigenvalue weighted by Gasteiger charge is -2.14. The highest BCUT2D eigenvalue weighted by molar-refractivity contribution is 5.84. The highest BCUT2D eigenvalue weighted by atomic mass is 16.5. The van der Waals surface area contributed by atoms with Crippen LogP contribution >= 0.6 is 0 Å². The van der Waals surface area contributed by atoms with E-state index in [0.717, 1.165) is 25.7 Å². The first-order chi connectivity index (χ1) is 9.49. The Balaban J connectivity index is 3.76. The number of carboxylic acids is 1. The Hall–Kier alpha value is -1.79. The molecule has 0 rings (SSSR count). The summed E-state index contributed by atoms with van der Waals surface area (Å²) >= 11 is 0. The van der Waals surface area contributed by atoms with E-state index in [-0.39, 0.29) is 6.54 Å². The number of amides is 2. The Morgan fingerprint density at radius 3 is 2.40 bits per heavy atom. The van der Waals surface area contributed by atoms with Crippen molar-refractivity contribution in [1.29, 1.82) is 0 Å². The van der Waals surface area contributed by atoms with E-state index in [9.17, 15) is 14.4 Å². The largest absolute Gasteiger partial charge is 0.480 e. The van der Waals surface area contributed by atoms with Gasteiger partial charge in [0.05, 0.1) is 6.61 Å². The number of nitrogens with one attached hydrogen (secondary N) is 2. The van der Waals surface area contributed by atoms with Crippen molar-refractivity contribution in [3.8, 4) is 0 Å². The Kier molecular flexibility index (Phi) is 10.1. The molecule has 0 spiro atoms. The van der Waals surface area contributed by atoms with Crippen LogP contribution in [-0.2, 0) is 14.3 Å². The highest BCUT2D eigenvalue weighted by Crippen LogP contribution is 2.12. The molecule has 7 heteroatoms. The van der Waals surface area contributed by atoms with Crippen molar-refractivity contribution in [3.05, 3.63) is 0 Å². The molecule has 1 atom stereocenters. The van der Waals surface area contributed by atoms with Gasteiger partial charge < -0.3 is 20.5 Å². The fourth-order valence-corrected chi connectivity index (χ4v) is 1.53. The molecule has 0 aliphatic heterocycles. The lowest BCUT2D eigenvalue weighted by atomic mass is 10.0. The molecule has 0 heterocycles. The Labute approximate surface area is 119 Å². The minimum atomic E-state index is -1.14. The maximum absolute atomic E-state index is 11.4. The second kappa shape index (κ2) is 11.1. The summed E-state index contributed by atoms with van der Waals surface area (Å²) in [6.45, 7) is 3.72. The van der Waals surface area contributed by atoms with E-state index in [2.05, 4.69) is 17.6 Å². The normalized spacial score (nSPS) is 11.5. The van der Waals surface area contributed by atoms with Gasteiger partial charge >= 0.3 is 12.1 Å². The molecule has 116 valence electrons. The van der Waals surface area contributed by atoms with E-state index in [1.807, 2.05) is 6.92 Å². The van der Waals surface area contributed by atoms with Crippen molar-refractivity contribution in [3.63, 3.8) is 0 Å². The second-order valence-electron chi connectivity index (χ2n) is 4.54. The molecule has 0 aliphatic carbocycles. The van der Waals surface area contributed by atoms with Crippen LogP contribution in [0.3, 0.4) is 0 Å². The summed E-state index contributed by atoms with van der Waals surface area (Å²) in [4.78, 5) is 32.7. The summed E-state index contributed by atoms with van der Waals surface area (Å²) in [7, 11) is 0. The number of alkyl carbamates (subject to hydrolysis) is 1. The van der Waals surface area contributed by atoms with Gasteiger partial charge in [-0.25, -0.2) is 4.79 Å². The van der Waals surface area contributed by atoms with Crippen molar-refractivity contribution in [1.82, 2.24) is 10.6 Å². The number of carboxylic acid groups (broad SMARTS) is 1. The third-order valence-electron chi connectivity index (χ3n) is 2.82. The van der Waals surface area contributed by atoms with Gasteiger partial charge in [-0.1, -0.05) is 33.1 Å². The quantitative estimate of drug-likeness (QED) is 0.559. The van der Waals surface area contributed by atoms with Gasteiger partial charge in [-0.2, -0.15) is 0 Å². The van der Waals surface area contributed by atoms with Crippen LogP contribution in [0.1, 0.15) is 39.5 Å². The first-order valence-corrected chi connectivity index (χ1v) is 6.88. The molecule has 0 bridgehead atoms. The molecule has 0 aromatic heterocycles. The van der Waals surface area contributed by atoms with Crippen LogP contribution in [0.5, 0.6) is 0 Å². The van der Waals surface area contributed by atoms with Crippen LogP contribution in [0.4, 0.5) is 4.79 Å².